The van der Waals surface area contributed by atoms with Crippen LogP contribution in [0.2, 0.25) is 0 Å². The number of aryl methyl sites for hydroxylation is 1. The fraction of sp³-hybridized carbons (Fsp3) is 0.733. The molecule has 7 heteroatoms. The second-order valence-corrected chi connectivity index (χ2v) is 6.68. The third kappa shape index (κ3) is 10.3. The first-order valence-corrected chi connectivity index (χ1v) is 8.37. The number of guanidine groups is 1. The van der Waals surface area contributed by atoms with Crippen molar-refractivity contribution in [3.8, 4) is 0 Å². The van der Waals surface area contributed by atoms with Crippen LogP contribution in [0.4, 0.5) is 0 Å². The number of hydrogen-bond acceptors (Lipinski definition) is 4. The van der Waals surface area contributed by atoms with E-state index < -0.39 is 0 Å². The van der Waals surface area contributed by atoms with Crippen molar-refractivity contribution in [2.24, 2.45) is 10.9 Å². The van der Waals surface area contributed by atoms with E-state index in [4.69, 9.17) is 4.74 Å². The lowest BCUT2D eigenvalue weighted by atomic mass is 10.2. The summed E-state index contributed by atoms with van der Waals surface area (Å²) in [6.45, 7) is 9.74. The Morgan fingerprint density at radius 2 is 2.09 bits per heavy atom. The van der Waals surface area contributed by atoms with Crippen LogP contribution in [0.3, 0.4) is 0 Å². The Kier molecular flexibility index (Phi) is 12.8. The van der Waals surface area contributed by atoms with E-state index in [0.717, 1.165) is 50.1 Å². The van der Waals surface area contributed by atoms with Crippen molar-refractivity contribution in [2.45, 2.75) is 33.6 Å². The quantitative estimate of drug-likeness (QED) is 0.268. The molecule has 0 bridgehead atoms. The molecule has 1 rings (SSSR count). The lowest BCUT2D eigenvalue weighted by Gasteiger charge is -2.11. The number of thiazole rings is 1. The monoisotopic (exact) mass is 440 g/mol. The van der Waals surface area contributed by atoms with Crippen LogP contribution in [-0.2, 0) is 11.2 Å². The number of aliphatic imine (C=N–C) groups is 1. The summed E-state index contributed by atoms with van der Waals surface area (Å²) >= 11 is 1.75. The maximum absolute atomic E-state index is 5.54. The Hall–Kier alpha value is -0.410. The van der Waals surface area contributed by atoms with Crippen LogP contribution in [0.1, 0.15) is 30.2 Å². The molecule has 0 aliphatic heterocycles. The molecule has 0 amide bonds. The first-order chi connectivity index (χ1) is 10.1. The van der Waals surface area contributed by atoms with Gasteiger partial charge in [0.15, 0.2) is 5.96 Å². The summed E-state index contributed by atoms with van der Waals surface area (Å²) in [6.07, 6.45) is 3.83. The molecule has 0 spiro atoms. The van der Waals surface area contributed by atoms with Crippen LogP contribution in [0, 0.1) is 12.8 Å². The highest BCUT2D eigenvalue weighted by atomic mass is 127. The van der Waals surface area contributed by atoms with E-state index in [0.29, 0.717) is 5.92 Å². The van der Waals surface area contributed by atoms with Crippen molar-refractivity contribution < 1.29 is 4.74 Å². The molecule has 0 aliphatic carbocycles. The Bertz CT molecular complexity index is 423. The van der Waals surface area contributed by atoms with Crippen molar-refractivity contribution in [1.29, 1.82) is 0 Å². The fourth-order valence-corrected chi connectivity index (χ4v) is 2.51. The lowest BCUT2D eigenvalue weighted by molar-refractivity contribution is 0.108. The smallest absolute Gasteiger partial charge is 0.190 e. The minimum atomic E-state index is 0. The van der Waals surface area contributed by atoms with Crippen molar-refractivity contribution in [3.63, 3.8) is 0 Å². The zero-order valence-corrected chi connectivity index (χ0v) is 17.2. The van der Waals surface area contributed by atoms with Crippen LogP contribution in [0.25, 0.3) is 0 Å². The third-order valence-corrected chi connectivity index (χ3v) is 3.71. The molecule has 0 unspecified atom stereocenters. The van der Waals surface area contributed by atoms with E-state index >= 15 is 0 Å². The van der Waals surface area contributed by atoms with Gasteiger partial charge in [0.2, 0.25) is 0 Å². The van der Waals surface area contributed by atoms with Crippen LogP contribution in [-0.4, -0.2) is 44.3 Å². The van der Waals surface area contributed by atoms with E-state index in [1.807, 2.05) is 6.20 Å². The van der Waals surface area contributed by atoms with Gasteiger partial charge in [-0.3, -0.25) is 4.99 Å². The summed E-state index contributed by atoms with van der Waals surface area (Å²) in [5.41, 5.74) is 0. The summed E-state index contributed by atoms with van der Waals surface area (Å²) in [6, 6.07) is 0. The summed E-state index contributed by atoms with van der Waals surface area (Å²) in [7, 11) is 1.79. The largest absolute Gasteiger partial charge is 0.381 e. The second kappa shape index (κ2) is 13.1. The molecule has 0 saturated carbocycles. The molecule has 0 saturated heterocycles. The van der Waals surface area contributed by atoms with Gasteiger partial charge in [-0.1, -0.05) is 13.8 Å². The van der Waals surface area contributed by atoms with Crippen LogP contribution in [0.15, 0.2) is 11.2 Å². The van der Waals surface area contributed by atoms with Crippen LogP contribution >= 0.6 is 35.3 Å². The maximum Gasteiger partial charge on any atom is 0.190 e. The van der Waals surface area contributed by atoms with Gasteiger partial charge >= 0.3 is 0 Å². The molecule has 0 radical (unpaired) electrons. The zero-order valence-electron chi connectivity index (χ0n) is 14.0. The Morgan fingerprint density at radius 3 is 2.68 bits per heavy atom. The minimum Gasteiger partial charge on any atom is -0.381 e. The van der Waals surface area contributed by atoms with Crippen LogP contribution < -0.4 is 10.6 Å². The van der Waals surface area contributed by atoms with E-state index in [1.165, 1.54) is 4.88 Å². The average molecular weight is 440 g/mol. The molecule has 1 aromatic heterocycles. The molecule has 0 aliphatic rings. The topological polar surface area (TPSA) is 58.5 Å². The molecule has 5 nitrogen and oxygen atoms in total. The number of nitrogens with zero attached hydrogens (tertiary/aromatic N) is 2. The molecular weight excluding hydrogens is 411 g/mol. The van der Waals surface area contributed by atoms with E-state index in [2.05, 4.69) is 41.4 Å². The molecule has 0 fully saturated rings. The highest BCUT2D eigenvalue weighted by molar-refractivity contribution is 14.0. The van der Waals surface area contributed by atoms with E-state index in [1.54, 1.807) is 18.4 Å². The normalized spacial score (nSPS) is 11.4. The number of rotatable bonds is 9. The lowest BCUT2D eigenvalue weighted by Crippen LogP contribution is -2.39. The Balaban J connectivity index is 0.00000441. The molecule has 0 aromatic carbocycles. The highest BCUT2D eigenvalue weighted by Gasteiger charge is 2.01. The predicted molar refractivity (Wildman–Crippen MR) is 106 cm³/mol. The maximum atomic E-state index is 5.54. The van der Waals surface area contributed by atoms with E-state index in [-0.39, 0.29) is 24.0 Å². The SMILES string of the molecule is CN=C(NCCCOCC(C)C)NCCc1ncc(C)s1.I. The van der Waals surface area contributed by atoms with Crippen molar-refractivity contribution in [1.82, 2.24) is 15.6 Å². The first-order valence-electron chi connectivity index (χ1n) is 7.55. The number of ether oxygens (including phenoxy) is 1. The third-order valence-electron chi connectivity index (χ3n) is 2.73. The number of nitrogens with one attached hydrogen (secondary N) is 2. The van der Waals surface area contributed by atoms with Gasteiger partial charge in [-0.2, -0.15) is 0 Å². The average Bonchev–Trinajstić information content (AvgIpc) is 2.86. The van der Waals surface area contributed by atoms with Gasteiger partial charge in [0.05, 0.1) is 5.01 Å². The molecule has 22 heavy (non-hydrogen) atoms. The van der Waals surface area contributed by atoms with E-state index in [9.17, 15) is 0 Å². The highest BCUT2D eigenvalue weighted by Crippen LogP contribution is 2.10. The van der Waals surface area contributed by atoms with Gasteiger partial charge in [-0.25, -0.2) is 4.98 Å². The van der Waals surface area contributed by atoms with Gasteiger partial charge < -0.3 is 15.4 Å². The molecule has 2 N–H and O–H groups in total. The summed E-state index contributed by atoms with van der Waals surface area (Å²) in [5, 5.41) is 7.76. The van der Waals surface area contributed by atoms with Gasteiger partial charge in [0, 0.05) is 50.8 Å². The second-order valence-electron chi connectivity index (χ2n) is 5.36. The molecule has 128 valence electrons. The van der Waals surface area contributed by atoms with Crippen molar-refractivity contribution in [3.05, 3.63) is 16.1 Å². The number of halogens is 1. The van der Waals surface area contributed by atoms with Gasteiger partial charge in [0.1, 0.15) is 0 Å². The molecule has 1 aromatic rings. The van der Waals surface area contributed by atoms with Gasteiger partial charge in [-0.15, -0.1) is 35.3 Å². The number of hydrogen-bond donors (Lipinski definition) is 2. The Labute approximate surface area is 155 Å². The van der Waals surface area contributed by atoms with Crippen molar-refractivity contribution >= 4 is 41.3 Å². The zero-order chi connectivity index (χ0) is 15.5. The van der Waals surface area contributed by atoms with Gasteiger partial charge in [-0.05, 0) is 19.3 Å². The summed E-state index contributed by atoms with van der Waals surface area (Å²) < 4.78 is 5.54. The molecule has 1 heterocycles. The van der Waals surface area contributed by atoms with Crippen LogP contribution in [0.5, 0.6) is 0 Å². The molecular formula is C15H29IN4OS. The first kappa shape index (κ1) is 21.6. The standard InChI is InChI=1S/C15H28N4OS.HI/c1-12(2)11-20-9-5-7-17-15(16-4)18-8-6-14-19-10-13(3)21-14;/h10,12H,5-9,11H2,1-4H3,(H2,16,17,18);1H. The van der Waals surface area contributed by atoms with Crippen molar-refractivity contribution in [2.75, 3.05) is 33.4 Å². The number of aromatic nitrogens is 1. The minimum absolute atomic E-state index is 0. The molecule has 0 atom stereocenters. The predicted octanol–water partition coefficient (Wildman–Crippen LogP) is 2.84. The summed E-state index contributed by atoms with van der Waals surface area (Å²) in [4.78, 5) is 9.82. The summed E-state index contributed by atoms with van der Waals surface area (Å²) in [5.74, 6) is 1.44. The fourth-order valence-electron chi connectivity index (χ4n) is 1.73. The van der Waals surface area contributed by atoms with Gasteiger partial charge in [0.25, 0.3) is 0 Å². The Morgan fingerprint density at radius 1 is 1.36 bits per heavy atom.